The topological polar surface area (TPSA) is 117 Å². The van der Waals surface area contributed by atoms with Gasteiger partial charge in [-0.25, -0.2) is 9.50 Å². The molecule has 4 aliphatic carbocycles. The van der Waals surface area contributed by atoms with E-state index >= 15 is 0 Å². The van der Waals surface area contributed by atoms with Crippen LogP contribution in [0, 0.1) is 17.8 Å². The number of carboxylic acid groups (broad SMARTS) is 1. The van der Waals surface area contributed by atoms with Crippen molar-refractivity contribution in [1.29, 1.82) is 0 Å². The highest BCUT2D eigenvalue weighted by Crippen LogP contribution is 2.61. The summed E-state index contributed by atoms with van der Waals surface area (Å²) in [5.41, 5.74) is -0.317. The Labute approximate surface area is 165 Å². The van der Waals surface area contributed by atoms with Crippen molar-refractivity contribution in [3.05, 3.63) is 28.2 Å². The Bertz CT molecular complexity index is 991. The summed E-state index contributed by atoms with van der Waals surface area (Å²) in [6.45, 7) is -0.543. The first-order valence-electron chi connectivity index (χ1n) is 9.70. The summed E-state index contributed by atoms with van der Waals surface area (Å²) in [6.07, 6.45) is 9.07. The first kappa shape index (κ1) is 17.8. The van der Waals surface area contributed by atoms with E-state index < -0.39 is 23.9 Å². The molecule has 4 bridgehead atoms. The molecule has 148 valence electrons. The number of H-pyrrole nitrogens is 1. The second kappa shape index (κ2) is 6.37. The highest BCUT2D eigenvalue weighted by molar-refractivity contribution is 8.00. The Hall–Kier alpha value is -2.29. The number of hydrogen-bond donors (Lipinski definition) is 3. The van der Waals surface area contributed by atoms with Crippen molar-refractivity contribution >= 4 is 29.3 Å². The normalized spacial score (nSPS) is 30.6. The molecule has 2 aromatic rings. The van der Waals surface area contributed by atoms with Crippen molar-refractivity contribution in [1.82, 2.24) is 19.9 Å². The largest absolute Gasteiger partial charge is 0.480 e. The zero-order valence-electron chi connectivity index (χ0n) is 15.3. The number of nitrogens with one attached hydrogen (secondary N) is 2. The lowest BCUT2D eigenvalue weighted by molar-refractivity contribution is -0.135. The second-order valence-corrected chi connectivity index (χ2v) is 10.0. The van der Waals surface area contributed by atoms with E-state index in [-0.39, 0.29) is 16.0 Å². The lowest BCUT2D eigenvalue weighted by Crippen LogP contribution is -2.48. The third-order valence-electron chi connectivity index (χ3n) is 6.46. The first-order chi connectivity index (χ1) is 13.4. The Kier molecular flexibility index (Phi) is 4.04. The molecule has 0 aromatic carbocycles. The van der Waals surface area contributed by atoms with Crippen molar-refractivity contribution in [2.45, 2.75) is 48.3 Å². The third kappa shape index (κ3) is 2.92. The zero-order chi connectivity index (χ0) is 19.5. The van der Waals surface area contributed by atoms with Gasteiger partial charge < -0.3 is 10.4 Å². The van der Waals surface area contributed by atoms with Gasteiger partial charge >= 0.3 is 5.97 Å². The van der Waals surface area contributed by atoms with Gasteiger partial charge in [-0.2, -0.15) is 0 Å². The quantitative estimate of drug-likeness (QED) is 0.703. The van der Waals surface area contributed by atoms with Crippen LogP contribution in [0.3, 0.4) is 0 Å². The number of carbonyl (C=O) groups excluding carboxylic acids is 1. The third-order valence-corrected chi connectivity index (χ3v) is 7.90. The number of rotatable bonds is 5. The van der Waals surface area contributed by atoms with Gasteiger partial charge in [-0.15, -0.1) is 0 Å². The van der Waals surface area contributed by atoms with E-state index in [1.165, 1.54) is 50.9 Å². The molecule has 2 heterocycles. The molecule has 6 rings (SSSR count). The minimum Gasteiger partial charge on any atom is -0.480 e. The Morgan fingerprint density at radius 2 is 1.89 bits per heavy atom. The monoisotopic (exact) mass is 402 g/mol. The maximum atomic E-state index is 12.7. The van der Waals surface area contributed by atoms with Crippen LogP contribution in [0.25, 0.3) is 5.65 Å². The van der Waals surface area contributed by atoms with E-state index in [4.69, 9.17) is 5.11 Å². The Morgan fingerprint density at radius 3 is 2.50 bits per heavy atom. The number of aromatic amines is 1. The lowest BCUT2D eigenvalue weighted by Gasteiger charge is -2.56. The fourth-order valence-electron chi connectivity index (χ4n) is 5.88. The average molecular weight is 402 g/mol. The van der Waals surface area contributed by atoms with Crippen LogP contribution < -0.4 is 10.7 Å². The van der Waals surface area contributed by atoms with Gasteiger partial charge in [0, 0.05) is 10.8 Å². The van der Waals surface area contributed by atoms with Crippen molar-refractivity contribution in [2.24, 2.45) is 17.8 Å². The Morgan fingerprint density at radius 1 is 1.25 bits per heavy atom. The molecule has 0 aliphatic heterocycles. The Balaban J connectivity index is 1.49. The van der Waals surface area contributed by atoms with E-state index in [0.29, 0.717) is 0 Å². The number of hydrogen-bond acceptors (Lipinski definition) is 5. The van der Waals surface area contributed by atoms with E-state index in [9.17, 15) is 14.4 Å². The average Bonchev–Trinajstić information content (AvgIpc) is 3.08. The first-order valence-corrected chi connectivity index (χ1v) is 10.5. The molecule has 4 aliphatic rings. The zero-order valence-corrected chi connectivity index (χ0v) is 16.1. The van der Waals surface area contributed by atoms with Crippen molar-refractivity contribution < 1.29 is 14.7 Å². The molecule has 2 aromatic heterocycles. The number of pyridine rings is 1. The van der Waals surface area contributed by atoms with E-state index in [0.717, 1.165) is 22.8 Å². The number of carbonyl (C=O) groups is 2. The van der Waals surface area contributed by atoms with Crippen LogP contribution in [0.15, 0.2) is 22.2 Å². The van der Waals surface area contributed by atoms with Crippen LogP contribution in [-0.4, -0.2) is 42.9 Å². The molecule has 4 fully saturated rings. The van der Waals surface area contributed by atoms with Gasteiger partial charge in [-0.3, -0.25) is 19.5 Å². The number of carboxylic acids is 1. The number of aromatic nitrogens is 3. The van der Waals surface area contributed by atoms with Gasteiger partial charge in [0.2, 0.25) is 0 Å². The molecule has 0 spiro atoms. The molecule has 0 atom stereocenters. The molecule has 9 heteroatoms. The second-order valence-electron chi connectivity index (χ2n) is 8.55. The fraction of sp³-hybridized carbons (Fsp3) is 0.579. The molecule has 3 N–H and O–H groups in total. The fourth-order valence-corrected chi connectivity index (χ4v) is 7.68. The molecular formula is C19H22N4O4S. The van der Waals surface area contributed by atoms with Crippen LogP contribution >= 0.6 is 11.8 Å². The summed E-state index contributed by atoms with van der Waals surface area (Å²) in [4.78, 5) is 40.0. The molecule has 0 unspecified atom stereocenters. The van der Waals surface area contributed by atoms with Crippen molar-refractivity contribution in [3.8, 4) is 0 Å². The van der Waals surface area contributed by atoms with E-state index in [1.54, 1.807) is 16.3 Å². The predicted molar refractivity (Wildman–Crippen MR) is 103 cm³/mol. The highest BCUT2D eigenvalue weighted by Gasteiger charge is 2.51. The molecule has 1 amide bonds. The molecule has 0 saturated heterocycles. The number of thioether (sulfide) groups is 1. The van der Waals surface area contributed by atoms with Crippen LogP contribution in [0.4, 0.5) is 0 Å². The van der Waals surface area contributed by atoms with Crippen LogP contribution in [-0.2, 0) is 4.79 Å². The lowest BCUT2D eigenvalue weighted by atomic mass is 9.56. The number of aliphatic carboxylic acids is 1. The summed E-state index contributed by atoms with van der Waals surface area (Å²) < 4.78 is 1.85. The van der Waals surface area contributed by atoms with Gasteiger partial charge in [0.25, 0.3) is 5.91 Å². The molecule has 4 saturated carbocycles. The number of nitrogens with zero attached hydrogens (tertiary/aromatic N) is 2. The molecular weight excluding hydrogens is 380 g/mol. The van der Waals surface area contributed by atoms with Gasteiger partial charge in [0.15, 0.2) is 11.1 Å². The SMILES string of the molecule is O=C(O)CNC(=O)c1c(=O)cc(SC23CC4CC(CC(C4)C2)C3)n2[nH]cnc12. The summed E-state index contributed by atoms with van der Waals surface area (Å²) in [7, 11) is 0. The van der Waals surface area contributed by atoms with Gasteiger partial charge in [-0.05, 0) is 56.3 Å². The van der Waals surface area contributed by atoms with Gasteiger partial charge in [0.1, 0.15) is 23.5 Å². The number of amides is 1. The van der Waals surface area contributed by atoms with Crippen LogP contribution in [0.1, 0.15) is 48.9 Å². The van der Waals surface area contributed by atoms with Crippen molar-refractivity contribution in [2.75, 3.05) is 6.54 Å². The summed E-state index contributed by atoms with van der Waals surface area (Å²) in [6, 6.07) is 1.49. The van der Waals surface area contributed by atoms with E-state index in [2.05, 4.69) is 15.4 Å². The minimum absolute atomic E-state index is 0.127. The highest BCUT2D eigenvalue weighted by atomic mass is 32.2. The predicted octanol–water partition coefficient (Wildman–Crippen LogP) is 1.90. The number of fused-ring (bicyclic) bond motifs is 1. The maximum absolute atomic E-state index is 12.7. The van der Waals surface area contributed by atoms with E-state index in [1.807, 2.05) is 0 Å². The molecule has 28 heavy (non-hydrogen) atoms. The maximum Gasteiger partial charge on any atom is 0.322 e. The smallest absolute Gasteiger partial charge is 0.322 e. The molecule has 8 nitrogen and oxygen atoms in total. The van der Waals surface area contributed by atoms with Gasteiger partial charge in [-0.1, -0.05) is 11.8 Å². The summed E-state index contributed by atoms with van der Waals surface area (Å²) in [5, 5.41) is 14.8. The summed E-state index contributed by atoms with van der Waals surface area (Å²) >= 11 is 1.75. The van der Waals surface area contributed by atoms with Gasteiger partial charge in [0.05, 0.1) is 0 Å². The van der Waals surface area contributed by atoms with Crippen LogP contribution in [0.5, 0.6) is 0 Å². The van der Waals surface area contributed by atoms with Crippen LogP contribution in [0.2, 0.25) is 0 Å². The standard InChI is InChI=1S/C19H22N4O4S/c24-13-4-14(28-19-5-10-1-11(6-19)3-12(2-10)7-19)23-17(21-9-22-23)16(13)18(27)20-8-15(25)26/h4,9-12H,1-3,5-8H2,(H,20,27)(H,21,22)(H,25,26). The minimum atomic E-state index is -1.17. The van der Waals surface area contributed by atoms with Crippen molar-refractivity contribution in [3.63, 3.8) is 0 Å². The molecule has 0 radical (unpaired) electrons. The summed E-state index contributed by atoms with van der Waals surface area (Å²) in [5.74, 6) is 0.514.